The lowest BCUT2D eigenvalue weighted by Crippen LogP contribution is -2.45. The third-order valence-corrected chi connectivity index (χ3v) is 5.62. The van der Waals surface area contributed by atoms with Gasteiger partial charge in [-0.15, -0.1) is 0 Å². The van der Waals surface area contributed by atoms with Crippen LogP contribution >= 0.6 is 11.6 Å². The summed E-state index contributed by atoms with van der Waals surface area (Å²) >= 11 is 6.20. The van der Waals surface area contributed by atoms with E-state index in [1.54, 1.807) is 17.2 Å². The van der Waals surface area contributed by atoms with Crippen molar-refractivity contribution in [1.82, 2.24) is 15.1 Å². The Labute approximate surface area is 146 Å². The third kappa shape index (κ3) is 2.96. The third-order valence-electron chi connectivity index (χ3n) is 5.40. The first-order valence-electron chi connectivity index (χ1n) is 8.15. The molecule has 1 aliphatic heterocycles. The standard InChI is InChI=1S/C17H23ClN4O2/c1-17(2,11-3-5-22(6-4-11)16(19)24)15(23)13-8-12(18)7-10-9-20-21-14(10)13/h7-9,11,15,23H,3-6H2,1-2H3,(H2,19,24)(H,20,21)/t15-/m1/s1. The number of carbonyl (C=O) groups is 1. The number of hydrogen-bond donors (Lipinski definition) is 3. The molecular formula is C17H23ClN4O2. The number of carbonyl (C=O) groups excluding carboxylic acids is 1. The fourth-order valence-corrected chi connectivity index (χ4v) is 3.97. The molecule has 2 aromatic rings. The van der Waals surface area contributed by atoms with Gasteiger partial charge in [-0.1, -0.05) is 25.4 Å². The van der Waals surface area contributed by atoms with Crippen molar-refractivity contribution >= 4 is 28.5 Å². The van der Waals surface area contributed by atoms with Gasteiger partial charge in [0.2, 0.25) is 0 Å². The zero-order valence-electron chi connectivity index (χ0n) is 13.9. The van der Waals surface area contributed by atoms with E-state index in [0.717, 1.165) is 29.3 Å². The molecule has 0 spiro atoms. The Hall–Kier alpha value is -1.79. The zero-order chi connectivity index (χ0) is 17.5. The molecule has 1 aromatic carbocycles. The highest BCUT2D eigenvalue weighted by molar-refractivity contribution is 6.31. The average Bonchev–Trinajstić information content (AvgIpc) is 3.01. The smallest absolute Gasteiger partial charge is 0.314 e. The van der Waals surface area contributed by atoms with Crippen LogP contribution in [0.25, 0.3) is 10.9 Å². The predicted molar refractivity (Wildman–Crippen MR) is 93.7 cm³/mol. The van der Waals surface area contributed by atoms with Gasteiger partial charge >= 0.3 is 6.03 Å². The van der Waals surface area contributed by atoms with Crippen LogP contribution in [0.15, 0.2) is 18.3 Å². The predicted octanol–water partition coefficient (Wildman–Crippen LogP) is 3.07. The molecule has 7 heteroatoms. The van der Waals surface area contributed by atoms with Gasteiger partial charge in [-0.05, 0) is 36.3 Å². The van der Waals surface area contributed by atoms with Gasteiger partial charge in [0.1, 0.15) is 0 Å². The maximum absolute atomic E-state index is 11.3. The molecule has 0 radical (unpaired) electrons. The molecule has 1 aliphatic rings. The molecule has 130 valence electrons. The summed E-state index contributed by atoms with van der Waals surface area (Å²) in [6.45, 7) is 5.38. The number of nitrogens with zero attached hydrogens (tertiary/aromatic N) is 2. The van der Waals surface area contributed by atoms with E-state index < -0.39 is 6.10 Å². The number of aromatic nitrogens is 2. The molecule has 3 rings (SSSR count). The number of amides is 2. The van der Waals surface area contributed by atoms with Crippen LogP contribution in [0, 0.1) is 11.3 Å². The normalized spacial score (nSPS) is 18.1. The summed E-state index contributed by atoms with van der Waals surface area (Å²) in [5.41, 5.74) is 6.56. The van der Waals surface area contributed by atoms with Gasteiger partial charge in [0, 0.05) is 29.1 Å². The van der Waals surface area contributed by atoms with Crippen molar-refractivity contribution in [3.05, 3.63) is 28.9 Å². The van der Waals surface area contributed by atoms with Gasteiger partial charge in [-0.3, -0.25) is 5.10 Å². The molecular weight excluding hydrogens is 328 g/mol. The average molecular weight is 351 g/mol. The highest BCUT2D eigenvalue weighted by atomic mass is 35.5. The van der Waals surface area contributed by atoms with E-state index in [1.807, 2.05) is 6.07 Å². The molecule has 24 heavy (non-hydrogen) atoms. The number of H-pyrrole nitrogens is 1. The van der Waals surface area contributed by atoms with Crippen molar-refractivity contribution in [3.8, 4) is 0 Å². The van der Waals surface area contributed by atoms with Crippen molar-refractivity contribution in [2.45, 2.75) is 32.8 Å². The first kappa shape index (κ1) is 17.0. The van der Waals surface area contributed by atoms with Gasteiger partial charge < -0.3 is 15.7 Å². The largest absolute Gasteiger partial charge is 0.388 e. The molecule has 0 aliphatic carbocycles. The monoisotopic (exact) mass is 350 g/mol. The van der Waals surface area contributed by atoms with Crippen LogP contribution in [0.1, 0.15) is 38.4 Å². The highest BCUT2D eigenvalue weighted by Gasteiger charge is 2.40. The Morgan fingerprint density at radius 2 is 2.12 bits per heavy atom. The number of nitrogens with one attached hydrogen (secondary N) is 1. The van der Waals surface area contributed by atoms with Crippen LogP contribution in [-0.2, 0) is 0 Å². The lowest BCUT2D eigenvalue weighted by molar-refractivity contribution is -0.0140. The molecule has 2 amide bonds. The SMILES string of the molecule is CC(C)(C1CCN(C(N)=O)CC1)[C@H](O)c1cc(Cl)cc2cn[nH]c12. The van der Waals surface area contributed by atoms with Gasteiger partial charge in [0.15, 0.2) is 0 Å². The van der Waals surface area contributed by atoms with Crippen LogP contribution < -0.4 is 5.73 Å². The molecule has 1 atom stereocenters. The summed E-state index contributed by atoms with van der Waals surface area (Å²) in [4.78, 5) is 13.0. The number of primary amides is 1. The number of rotatable bonds is 3. The maximum atomic E-state index is 11.3. The van der Waals surface area contributed by atoms with Gasteiger partial charge in [0.25, 0.3) is 0 Å². The lowest BCUT2D eigenvalue weighted by atomic mass is 9.68. The van der Waals surface area contributed by atoms with E-state index in [0.29, 0.717) is 18.1 Å². The molecule has 2 heterocycles. The number of halogens is 1. The Morgan fingerprint density at radius 3 is 2.75 bits per heavy atom. The summed E-state index contributed by atoms with van der Waals surface area (Å²) in [5.74, 6) is 0.278. The second kappa shape index (κ2) is 6.26. The van der Waals surface area contributed by atoms with E-state index in [9.17, 15) is 9.90 Å². The van der Waals surface area contributed by atoms with Gasteiger partial charge in [0.05, 0.1) is 17.8 Å². The summed E-state index contributed by atoms with van der Waals surface area (Å²) in [5, 5.41) is 19.6. The van der Waals surface area contributed by atoms with E-state index in [2.05, 4.69) is 24.0 Å². The number of piperidine rings is 1. The second-order valence-electron chi connectivity index (χ2n) is 7.15. The number of aliphatic hydroxyl groups is 1. The Balaban J connectivity index is 1.86. The van der Waals surface area contributed by atoms with Crippen molar-refractivity contribution in [1.29, 1.82) is 0 Å². The van der Waals surface area contributed by atoms with Crippen molar-refractivity contribution < 1.29 is 9.90 Å². The molecule has 0 unspecified atom stereocenters. The van der Waals surface area contributed by atoms with Gasteiger partial charge in [-0.2, -0.15) is 5.10 Å². The Morgan fingerprint density at radius 1 is 1.46 bits per heavy atom. The minimum absolute atomic E-state index is 0.278. The minimum atomic E-state index is -0.690. The lowest BCUT2D eigenvalue weighted by Gasteiger charge is -2.43. The number of hydrogen-bond acceptors (Lipinski definition) is 3. The van der Waals surface area contributed by atoms with Crippen LogP contribution in [0.3, 0.4) is 0 Å². The molecule has 1 aromatic heterocycles. The molecule has 0 saturated carbocycles. The fraction of sp³-hybridized carbons (Fsp3) is 0.529. The maximum Gasteiger partial charge on any atom is 0.314 e. The number of likely N-dealkylation sites (tertiary alicyclic amines) is 1. The summed E-state index contributed by atoms with van der Waals surface area (Å²) in [7, 11) is 0. The summed E-state index contributed by atoms with van der Waals surface area (Å²) in [6, 6.07) is 3.25. The van der Waals surface area contributed by atoms with Crippen LogP contribution in [0.4, 0.5) is 4.79 Å². The summed E-state index contributed by atoms with van der Waals surface area (Å²) in [6.07, 6.45) is 2.65. The molecule has 0 bridgehead atoms. The Kier molecular flexibility index (Phi) is 4.44. The van der Waals surface area contributed by atoms with Crippen molar-refractivity contribution in [3.63, 3.8) is 0 Å². The Bertz CT molecular complexity index is 750. The highest BCUT2D eigenvalue weighted by Crippen LogP contribution is 2.46. The first-order chi connectivity index (χ1) is 11.3. The van der Waals surface area contributed by atoms with E-state index in [1.165, 1.54) is 0 Å². The number of urea groups is 1. The molecule has 1 saturated heterocycles. The number of fused-ring (bicyclic) bond motifs is 1. The number of nitrogens with two attached hydrogens (primary N) is 1. The minimum Gasteiger partial charge on any atom is -0.388 e. The number of aromatic amines is 1. The van der Waals surface area contributed by atoms with Crippen LogP contribution in [-0.4, -0.2) is 39.3 Å². The molecule has 1 fully saturated rings. The van der Waals surface area contributed by atoms with Crippen molar-refractivity contribution in [2.24, 2.45) is 17.1 Å². The molecule has 4 N–H and O–H groups in total. The van der Waals surface area contributed by atoms with E-state index >= 15 is 0 Å². The first-order valence-corrected chi connectivity index (χ1v) is 8.53. The summed E-state index contributed by atoms with van der Waals surface area (Å²) < 4.78 is 0. The van der Waals surface area contributed by atoms with Gasteiger partial charge in [-0.25, -0.2) is 4.79 Å². The van der Waals surface area contributed by atoms with E-state index in [-0.39, 0.29) is 17.4 Å². The number of benzene rings is 1. The number of aliphatic hydroxyl groups excluding tert-OH is 1. The fourth-order valence-electron chi connectivity index (χ4n) is 3.73. The van der Waals surface area contributed by atoms with Crippen molar-refractivity contribution in [2.75, 3.05) is 13.1 Å². The second-order valence-corrected chi connectivity index (χ2v) is 7.59. The topological polar surface area (TPSA) is 95.2 Å². The quantitative estimate of drug-likeness (QED) is 0.793. The van der Waals surface area contributed by atoms with Crippen LogP contribution in [0.5, 0.6) is 0 Å². The molecule has 6 nitrogen and oxygen atoms in total. The van der Waals surface area contributed by atoms with Crippen LogP contribution in [0.2, 0.25) is 5.02 Å². The van der Waals surface area contributed by atoms with E-state index in [4.69, 9.17) is 17.3 Å². The zero-order valence-corrected chi connectivity index (χ0v) is 14.7.